The molecule has 0 bridgehead atoms. The van der Waals surface area contributed by atoms with E-state index in [1.807, 2.05) is 42.5 Å². The molecule has 0 aliphatic carbocycles. The average molecular weight is 532 g/mol. The molecule has 3 aromatic rings. The number of halogens is 4. The summed E-state index contributed by atoms with van der Waals surface area (Å²) in [6.07, 6.45) is 0.884. The lowest BCUT2D eigenvalue weighted by Gasteiger charge is -2.14. The summed E-state index contributed by atoms with van der Waals surface area (Å²) >= 11 is 15.8. The summed E-state index contributed by atoms with van der Waals surface area (Å²) in [4.78, 5) is 0. The lowest BCUT2D eigenvalue weighted by Crippen LogP contribution is -2.17. The molecule has 3 rings (SSSR count). The monoisotopic (exact) mass is 529 g/mol. The lowest BCUT2D eigenvalue weighted by atomic mass is 10.1. The van der Waals surface area contributed by atoms with Crippen molar-refractivity contribution < 1.29 is 9.47 Å². The van der Waals surface area contributed by atoms with Crippen molar-refractivity contribution in [2.75, 3.05) is 13.7 Å². The van der Waals surface area contributed by atoms with Crippen molar-refractivity contribution in [3.63, 3.8) is 0 Å². The number of hydrogen-bond donors (Lipinski definition) is 1. The molecule has 30 heavy (non-hydrogen) atoms. The molecule has 0 saturated heterocycles. The van der Waals surface area contributed by atoms with Crippen LogP contribution in [-0.2, 0) is 19.6 Å². The number of rotatable bonds is 9. The van der Waals surface area contributed by atoms with Crippen LogP contribution in [-0.4, -0.2) is 13.7 Å². The number of para-hydroxylation sites is 1. The third-order valence-corrected chi connectivity index (χ3v) is 5.58. The van der Waals surface area contributed by atoms with Crippen LogP contribution in [0.4, 0.5) is 0 Å². The smallest absolute Gasteiger partial charge is 0.124 e. The number of ether oxygens (including phenoxy) is 2. The number of hydrogen-bond acceptors (Lipinski definition) is 3. The maximum absolute atomic E-state index is 6.25. The minimum atomic E-state index is 0. The predicted octanol–water partition coefficient (Wildman–Crippen LogP) is 7.10. The molecule has 0 fully saturated rings. The lowest BCUT2D eigenvalue weighted by molar-refractivity contribution is 0.302. The fraction of sp³-hybridized carbons (Fsp3) is 0.217. The van der Waals surface area contributed by atoms with E-state index in [0.717, 1.165) is 40.1 Å². The first-order chi connectivity index (χ1) is 14.1. The Morgan fingerprint density at radius 1 is 0.900 bits per heavy atom. The van der Waals surface area contributed by atoms with Crippen molar-refractivity contribution in [2.45, 2.75) is 19.6 Å². The van der Waals surface area contributed by atoms with Gasteiger partial charge in [0.1, 0.15) is 18.1 Å². The van der Waals surface area contributed by atoms with Gasteiger partial charge in [-0.2, -0.15) is 0 Å². The molecule has 1 N–H and O–H groups in total. The zero-order chi connectivity index (χ0) is 20.6. The first kappa shape index (κ1) is 24.8. The van der Waals surface area contributed by atoms with Gasteiger partial charge in [0, 0.05) is 32.2 Å². The Hall–Kier alpha value is -1.43. The van der Waals surface area contributed by atoms with Gasteiger partial charge in [-0.05, 0) is 54.9 Å². The Morgan fingerprint density at radius 3 is 2.47 bits per heavy atom. The van der Waals surface area contributed by atoms with E-state index in [4.69, 9.17) is 32.7 Å². The van der Waals surface area contributed by atoms with Gasteiger partial charge in [-0.25, -0.2) is 0 Å². The highest BCUT2D eigenvalue weighted by Gasteiger charge is 2.08. The van der Waals surface area contributed by atoms with Gasteiger partial charge in [-0.3, -0.25) is 0 Å². The summed E-state index contributed by atoms with van der Waals surface area (Å²) in [5.41, 5.74) is 3.16. The molecule has 0 heterocycles. The molecule has 0 atom stereocenters. The first-order valence-corrected chi connectivity index (χ1v) is 10.8. The second-order valence-electron chi connectivity index (χ2n) is 6.52. The van der Waals surface area contributed by atoms with E-state index in [1.165, 1.54) is 5.56 Å². The third kappa shape index (κ3) is 7.07. The molecule has 0 spiro atoms. The second-order valence-corrected chi connectivity index (χ2v) is 8.27. The fourth-order valence-electron chi connectivity index (χ4n) is 2.98. The number of benzene rings is 3. The van der Waals surface area contributed by atoms with Gasteiger partial charge in [0.05, 0.1) is 7.11 Å². The van der Waals surface area contributed by atoms with Crippen LogP contribution in [0.15, 0.2) is 65.1 Å². The molecule has 0 aliphatic rings. The standard InChI is InChI=1S/C23H22BrCl2NO2.ClH/c1-28-22-5-3-2-4-16(22)10-11-27-14-18-12-19(24)7-9-23(18)29-15-17-6-8-20(25)13-21(17)26;/h2-9,12-13,27H,10-11,14-15H2,1H3;1H. The first-order valence-electron chi connectivity index (χ1n) is 9.24. The molecule has 7 heteroatoms. The number of methoxy groups -OCH3 is 1. The highest BCUT2D eigenvalue weighted by Crippen LogP contribution is 2.27. The van der Waals surface area contributed by atoms with Gasteiger partial charge in [-0.15, -0.1) is 12.4 Å². The maximum atomic E-state index is 6.25. The van der Waals surface area contributed by atoms with Crippen molar-refractivity contribution in [3.05, 3.63) is 91.9 Å². The van der Waals surface area contributed by atoms with Crippen molar-refractivity contribution >= 4 is 51.5 Å². The summed E-state index contributed by atoms with van der Waals surface area (Å²) in [6, 6.07) is 19.5. The van der Waals surface area contributed by atoms with Gasteiger partial charge < -0.3 is 14.8 Å². The predicted molar refractivity (Wildman–Crippen MR) is 131 cm³/mol. The summed E-state index contributed by atoms with van der Waals surface area (Å²) in [5, 5.41) is 4.70. The van der Waals surface area contributed by atoms with Crippen LogP contribution in [0.25, 0.3) is 0 Å². The summed E-state index contributed by atoms with van der Waals surface area (Å²) in [6.45, 7) is 1.90. The van der Waals surface area contributed by atoms with Crippen molar-refractivity contribution in [3.8, 4) is 11.5 Å². The Bertz CT molecular complexity index is 969. The minimum absolute atomic E-state index is 0. The van der Waals surface area contributed by atoms with Crippen LogP contribution in [0.2, 0.25) is 10.0 Å². The summed E-state index contributed by atoms with van der Waals surface area (Å²) in [5.74, 6) is 1.74. The molecule has 160 valence electrons. The highest BCUT2D eigenvalue weighted by atomic mass is 79.9. The Balaban J connectivity index is 0.00000320. The Kier molecular flexibility index (Phi) is 10.3. The molecular weight excluding hydrogens is 509 g/mol. The average Bonchev–Trinajstić information content (AvgIpc) is 2.72. The molecule has 0 unspecified atom stereocenters. The van der Waals surface area contributed by atoms with Crippen LogP contribution < -0.4 is 14.8 Å². The molecule has 0 radical (unpaired) electrons. The van der Waals surface area contributed by atoms with Crippen LogP contribution in [0.3, 0.4) is 0 Å². The van der Waals surface area contributed by atoms with Gasteiger partial charge in [0.2, 0.25) is 0 Å². The molecule has 3 aromatic carbocycles. The fourth-order valence-corrected chi connectivity index (χ4v) is 3.85. The second kappa shape index (κ2) is 12.4. The molecule has 0 aliphatic heterocycles. The van der Waals surface area contributed by atoms with Crippen LogP contribution in [0.5, 0.6) is 11.5 Å². The van der Waals surface area contributed by atoms with Crippen LogP contribution in [0.1, 0.15) is 16.7 Å². The topological polar surface area (TPSA) is 30.5 Å². The minimum Gasteiger partial charge on any atom is -0.496 e. The molecule has 0 aromatic heterocycles. The zero-order valence-electron chi connectivity index (χ0n) is 16.5. The largest absolute Gasteiger partial charge is 0.496 e. The van der Waals surface area contributed by atoms with E-state index in [2.05, 4.69) is 33.4 Å². The van der Waals surface area contributed by atoms with Gasteiger partial charge in [-0.1, -0.05) is 63.4 Å². The number of nitrogens with one attached hydrogen (secondary N) is 1. The van der Waals surface area contributed by atoms with Crippen molar-refractivity contribution in [1.82, 2.24) is 5.32 Å². The Labute approximate surface area is 202 Å². The molecule has 0 amide bonds. The van der Waals surface area contributed by atoms with Gasteiger partial charge >= 0.3 is 0 Å². The van der Waals surface area contributed by atoms with E-state index in [9.17, 15) is 0 Å². The summed E-state index contributed by atoms with van der Waals surface area (Å²) < 4.78 is 12.5. The molecule has 3 nitrogen and oxygen atoms in total. The summed E-state index contributed by atoms with van der Waals surface area (Å²) in [7, 11) is 1.70. The van der Waals surface area contributed by atoms with E-state index >= 15 is 0 Å². The van der Waals surface area contributed by atoms with E-state index in [1.54, 1.807) is 13.2 Å². The van der Waals surface area contributed by atoms with Gasteiger partial charge in [0.25, 0.3) is 0 Å². The van der Waals surface area contributed by atoms with E-state index in [-0.39, 0.29) is 12.4 Å². The van der Waals surface area contributed by atoms with Crippen molar-refractivity contribution in [1.29, 1.82) is 0 Å². The SMILES string of the molecule is COc1ccccc1CCNCc1cc(Br)ccc1OCc1ccc(Cl)cc1Cl.Cl. The van der Waals surface area contributed by atoms with E-state index < -0.39 is 0 Å². The van der Waals surface area contributed by atoms with E-state index in [0.29, 0.717) is 23.2 Å². The molecule has 0 saturated carbocycles. The third-order valence-electron chi connectivity index (χ3n) is 4.50. The zero-order valence-corrected chi connectivity index (χ0v) is 20.4. The van der Waals surface area contributed by atoms with Crippen molar-refractivity contribution in [2.24, 2.45) is 0 Å². The van der Waals surface area contributed by atoms with Crippen LogP contribution >= 0.6 is 51.5 Å². The Morgan fingerprint density at radius 2 is 1.70 bits per heavy atom. The molecular formula is C23H23BrCl3NO2. The highest BCUT2D eigenvalue weighted by molar-refractivity contribution is 9.10. The van der Waals surface area contributed by atoms with Gasteiger partial charge in [0.15, 0.2) is 0 Å². The normalized spacial score (nSPS) is 10.4. The van der Waals surface area contributed by atoms with Crippen LogP contribution in [0, 0.1) is 0 Å². The quantitative estimate of drug-likeness (QED) is 0.299. The maximum Gasteiger partial charge on any atom is 0.124 e.